The van der Waals surface area contributed by atoms with E-state index in [2.05, 4.69) is 28.3 Å². The van der Waals surface area contributed by atoms with Gasteiger partial charge in [0.1, 0.15) is 5.65 Å². The largest absolute Gasteiger partial charge is 0.372 e. The third kappa shape index (κ3) is 4.89. The number of morpholine rings is 1. The van der Waals surface area contributed by atoms with Gasteiger partial charge in [-0.15, -0.1) is 0 Å². The number of hydrogen-bond acceptors (Lipinski definition) is 5. The molecule has 3 aromatic rings. The molecule has 1 fully saturated rings. The molecule has 8 heteroatoms. The van der Waals surface area contributed by atoms with Crippen molar-refractivity contribution in [3.05, 3.63) is 64.3 Å². The van der Waals surface area contributed by atoms with Crippen molar-refractivity contribution in [2.24, 2.45) is 0 Å². The van der Waals surface area contributed by atoms with E-state index in [-0.39, 0.29) is 18.1 Å². The molecule has 0 aromatic carbocycles. The molecule has 3 aromatic heterocycles. The number of nitrogens with zero attached hydrogens (tertiary/aromatic N) is 4. The number of carbonyl (C=O) groups is 1. The SMILES string of the molecule is Cc1cccnc1CCNCc1c(C(=O)N2C[C@@H](C)O[C@@H](C)C2)nc2ccc(Cl)cn12. The van der Waals surface area contributed by atoms with Crippen LogP contribution in [0.1, 0.15) is 41.3 Å². The number of nitrogens with one attached hydrogen (secondary N) is 1. The van der Waals surface area contributed by atoms with Crippen LogP contribution in [0, 0.1) is 6.92 Å². The van der Waals surface area contributed by atoms with Crippen LogP contribution in [0.2, 0.25) is 5.02 Å². The molecular formula is C23H28ClN5O2. The van der Waals surface area contributed by atoms with E-state index in [0.717, 1.165) is 24.4 Å². The number of pyridine rings is 2. The summed E-state index contributed by atoms with van der Waals surface area (Å²) in [5, 5.41) is 4.05. The van der Waals surface area contributed by atoms with Gasteiger partial charge in [0.2, 0.25) is 0 Å². The Kier molecular flexibility index (Phi) is 6.55. The van der Waals surface area contributed by atoms with Crippen LogP contribution in [0.4, 0.5) is 0 Å². The average Bonchev–Trinajstić information content (AvgIpc) is 3.08. The van der Waals surface area contributed by atoms with Gasteiger partial charge in [0.05, 0.1) is 22.9 Å². The van der Waals surface area contributed by atoms with Crippen LogP contribution in [0.3, 0.4) is 0 Å². The number of carbonyl (C=O) groups excluding carboxylic acids is 1. The molecule has 4 heterocycles. The summed E-state index contributed by atoms with van der Waals surface area (Å²) in [5.74, 6) is -0.0702. The number of amides is 1. The Morgan fingerprint density at radius 3 is 2.77 bits per heavy atom. The fraction of sp³-hybridized carbons (Fsp3) is 0.435. The summed E-state index contributed by atoms with van der Waals surface area (Å²) in [4.78, 5) is 24.3. The first-order chi connectivity index (χ1) is 14.9. The minimum Gasteiger partial charge on any atom is -0.372 e. The minimum atomic E-state index is -0.0702. The molecule has 1 saturated heterocycles. The summed E-state index contributed by atoms with van der Waals surface area (Å²) in [6.45, 7) is 8.40. The van der Waals surface area contributed by atoms with Crippen LogP contribution in [-0.2, 0) is 17.7 Å². The highest BCUT2D eigenvalue weighted by Gasteiger charge is 2.30. The lowest BCUT2D eigenvalue weighted by Crippen LogP contribution is -2.48. The fourth-order valence-electron chi connectivity index (χ4n) is 4.09. The lowest BCUT2D eigenvalue weighted by Gasteiger charge is -2.35. The quantitative estimate of drug-likeness (QED) is 0.594. The highest BCUT2D eigenvalue weighted by atomic mass is 35.5. The van der Waals surface area contributed by atoms with Crippen molar-refractivity contribution in [2.75, 3.05) is 19.6 Å². The smallest absolute Gasteiger partial charge is 0.274 e. The molecule has 0 spiro atoms. The second kappa shape index (κ2) is 9.34. The molecule has 1 amide bonds. The maximum atomic E-state index is 13.4. The maximum absolute atomic E-state index is 13.4. The van der Waals surface area contributed by atoms with Crippen molar-refractivity contribution in [2.45, 2.75) is 45.9 Å². The molecule has 7 nitrogen and oxygen atoms in total. The number of imidazole rings is 1. The van der Waals surface area contributed by atoms with Gasteiger partial charge in [0.15, 0.2) is 5.69 Å². The van der Waals surface area contributed by atoms with Crippen LogP contribution in [0.15, 0.2) is 36.7 Å². The lowest BCUT2D eigenvalue weighted by atomic mass is 10.1. The van der Waals surface area contributed by atoms with Crippen LogP contribution in [-0.4, -0.2) is 57.0 Å². The number of aryl methyl sites for hydroxylation is 1. The van der Waals surface area contributed by atoms with Crippen LogP contribution in [0.25, 0.3) is 5.65 Å². The van der Waals surface area contributed by atoms with Gasteiger partial charge in [0.25, 0.3) is 5.91 Å². The predicted octanol–water partition coefficient (Wildman–Crippen LogP) is 3.27. The molecule has 31 heavy (non-hydrogen) atoms. The molecule has 1 N–H and O–H groups in total. The average molecular weight is 442 g/mol. The number of hydrogen-bond donors (Lipinski definition) is 1. The van der Waals surface area contributed by atoms with E-state index in [1.165, 1.54) is 5.56 Å². The zero-order chi connectivity index (χ0) is 22.0. The summed E-state index contributed by atoms with van der Waals surface area (Å²) in [6.07, 6.45) is 4.44. The Morgan fingerprint density at radius 2 is 2.03 bits per heavy atom. The molecule has 1 aliphatic rings. The van der Waals surface area contributed by atoms with Gasteiger partial charge in [-0.3, -0.25) is 9.78 Å². The molecule has 0 unspecified atom stereocenters. The zero-order valence-corrected chi connectivity index (χ0v) is 18.9. The predicted molar refractivity (Wildman–Crippen MR) is 120 cm³/mol. The van der Waals surface area contributed by atoms with E-state index in [1.807, 2.05) is 47.7 Å². The molecule has 0 radical (unpaired) electrons. The molecule has 164 valence electrons. The van der Waals surface area contributed by atoms with Crippen molar-refractivity contribution in [3.8, 4) is 0 Å². The van der Waals surface area contributed by atoms with Gasteiger partial charge < -0.3 is 19.4 Å². The normalized spacial score (nSPS) is 19.2. The van der Waals surface area contributed by atoms with Gasteiger partial charge in [0, 0.05) is 50.7 Å². The standard InChI is InChI=1S/C23H28ClN5O2/c1-15-5-4-9-26-19(15)8-10-25-11-20-22(27-21-7-6-18(24)14-29(20)21)23(30)28-12-16(2)31-17(3)13-28/h4-7,9,14,16-17,25H,8,10-13H2,1-3H3/t16-,17+. The Labute approximate surface area is 187 Å². The highest BCUT2D eigenvalue weighted by Crippen LogP contribution is 2.20. The zero-order valence-electron chi connectivity index (χ0n) is 18.1. The van der Waals surface area contributed by atoms with Gasteiger partial charge in [-0.1, -0.05) is 17.7 Å². The van der Waals surface area contributed by atoms with Gasteiger partial charge in [-0.2, -0.15) is 0 Å². The Hall–Kier alpha value is -2.48. The monoisotopic (exact) mass is 441 g/mol. The minimum absolute atomic E-state index is 0.00219. The summed E-state index contributed by atoms with van der Waals surface area (Å²) in [6, 6.07) is 7.64. The van der Waals surface area contributed by atoms with Crippen molar-refractivity contribution in [1.29, 1.82) is 0 Å². The van der Waals surface area contributed by atoms with E-state index in [0.29, 0.717) is 36.0 Å². The summed E-state index contributed by atoms with van der Waals surface area (Å²) in [5.41, 5.74) is 4.23. The molecule has 0 aliphatic carbocycles. The van der Waals surface area contributed by atoms with Crippen molar-refractivity contribution < 1.29 is 9.53 Å². The van der Waals surface area contributed by atoms with Crippen LogP contribution < -0.4 is 5.32 Å². The summed E-state index contributed by atoms with van der Waals surface area (Å²) >= 11 is 6.24. The molecular weight excluding hydrogens is 414 g/mol. The van der Waals surface area contributed by atoms with Crippen LogP contribution >= 0.6 is 11.6 Å². The van der Waals surface area contributed by atoms with Gasteiger partial charge in [-0.25, -0.2) is 4.98 Å². The topological polar surface area (TPSA) is 71.8 Å². The maximum Gasteiger partial charge on any atom is 0.274 e. The molecule has 2 atom stereocenters. The van der Waals surface area contributed by atoms with Crippen molar-refractivity contribution in [3.63, 3.8) is 0 Å². The first kappa shape index (κ1) is 21.7. The molecule has 0 bridgehead atoms. The van der Waals surface area contributed by atoms with E-state index in [9.17, 15) is 4.79 Å². The van der Waals surface area contributed by atoms with E-state index in [1.54, 1.807) is 6.07 Å². The summed E-state index contributed by atoms with van der Waals surface area (Å²) < 4.78 is 7.69. The number of ether oxygens (including phenoxy) is 1. The second-order valence-corrected chi connectivity index (χ2v) is 8.58. The fourth-order valence-corrected chi connectivity index (χ4v) is 4.26. The Morgan fingerprint density at radius 1 is 1.26 bits per heavy atom. The van der Waals surface area contributed by atoms with Crippen LogP contribution in [0.5, 0.6) is 0 Å². The van der Waals surface area contributed by atoms with Crippen molar-refractivity contribution in [1.82, 2.24) is 24.6 Å². The highest BCUT2D eigenvalue weighted by molar-refractivity contribution is 6.30. The number of aromatic nitrogens is 3. The third-order valence-corrected chi connectivity index (χ3v) is 5.76. The van der Waals surface area contributed by atoms with E-state index in [4.69, 9.17) is 16.3 Å². The molecule has 1 aliphatic heterocycles. The number of halogens is 1. The van der Waals surface area contributed by atoms with Gasteiger partial charge >= 0.3 is 0 Å². The van der Waals surface area contributed by atoms with E-state index >= 15 is 0 Å². The lowest BCUT2D eigenvalue weighted by molar-refractivity contribution is -0.0587. The van der Waals surface area contributed by atoms with Crippen molar-refractivity contribution >= 4 is 23.2 Å². The molecule has 4 rings (SSSR count). The Bertz CT molecular complexity index is 1070. The summed E-state index contributed by atoms with van der Waals surface area (Å²) in [7, 11) is 0. The second-order valence-electron chi connectivity index (χ2n) is 8.14. The first-order valence-electron chi connectivity index (χ1n) is 10.6. The number of rotatable bonds is 6. The van der Waals surface area contributed by atoms with Gasteiger partial charge in [-0.05, 0) is 44.5 Å². The number of fused-ring (bicyclic) bond motifs is 1. The third-order valence-electron chi connectivity index (χ3n) is 5.54. The molecule has 0 saturated carbocycles. The Balaban J connectivity index is 1.55. The first-order valence-corrected chi connectivity index (χ1v) is 11.0. The van der Waals surface area contributed by atoms with E-state index < -0.39 is 0 Å².